The smallest absolute Gasteiger partial charge is 0.339 e. The SMILES string of the molecule is CC(c1cccc(C#Cc2ccc3c(c2)OCO3)c1)N(O)C(N)=O. The molecule has 0 aromatic heterocycles. The van der Waals surface area contributed by atoms with E-state index in [1.54, 1.807) is 19.1 Å². The minimum atomic E-state index is -0.903. The van der Waals surface area contributed by atoms with E-state index in [1.165, 1.54) is 0 Å². The van der Waals surface area contributed by atoms with Crippen molar-refractivity contribution < 1.29 is 19.5 Å². The molecule has 2 amide bonds. The molecule has 1 aliphatic rings. The number of carbonyl (C=O) groups excluding carboxylic acids is 1. The third-order valence-corrected chi connectivity index (χ3v) is 3.69. The number of rotatable bonds is 2. The molecule has 6 heteroatoms. The van der Waals surface area contributed by atoms with Gasteiger partial charge in [-0.05, 0) is 42.8 Å². The minimum absolute atomic E-state index is 0.226. The number of fused-ring (bicyclic) bond motifs is 1. The van der Waals surface area contributed by atoms with Crippen molar-refractivity contribution in [2.75, 3.05) is 6.79 Å². The zero-order chi connectivity index (χ0) is 17.1. The number of hydroxylamine groups is 2. The van der Waals surface area contributed by atoms with Crippen LogP contribution >= 0.6 is 0 Å². The molecule has 0 radical (unpaired) electrons. The molecule has 6 nitrogen and oxygen atoms in total. The van der Waals surface area contributed by atoms with Gasteiger partial charge in [-0.15, -0.1) is 0 Å². The monoisotopic (exact) mass is 324 g/mol. The Morgan fingerprint density at radius 2 is 1.88 bits per heavy atom. The summed E-state index contributed by atoms with van der Waals surface area (Å²) in [7, 11) is 0. The summed E-state index contributed by atoms with van der Waals surface area (Å²) < 4.78 is 10.6. The Labute approximate surface area is 139 Å². The molecule has 24 heavy (non-hydrogen) atoms. The van der Waals surface area contributed by atoms with Crippen LogP contribution in [0, 0.1) is 11.8 Å². The summed E-state index contributed by atoms with van der Waals surface area (Å²) in [5, 5.41) is 10.1. The Morgan fingerprint density at radius 3 is 2.62 bits per heavy atom. The largest absolute Gasteiger partial charge is 0.454 e. The van der Waals surface area contributed by atoms with Crippen molar-refractivity contribution in [2.45, 2.75) is 13.0 Å². The second-order valence-electron chi connectivity index (χ2n) is 5.30. The zero-order valence-corrected chi connectivity index (χ0v) is 13.0. The van der Waals surface area contributed by atoms with Gasteiger partial charge in [0.1, 0.15) is 0 Å². The number of ether oxygens (including phenoxy) is 2. The summed E-state index contributed by atoms with van der Waals surface area (Å²) >= 11 is 0. The van der Waals surface area contributed by atoms with Gasteiger partial charge in [-0.25, -0.2) is 4.79 Å². The number of urea groups is 1. The number of nitrogens with zero attached hydrogens (tertiary/aromatic N) is 1. The molecule has 1 aliphatic heterocycles. The molecule has 1 heterocycles. The highest BCUT2D eigenvalue weighted by Crippen LogP contribution is 2.32. The second-order valence-corrected chi connectivity index (χ2v) is 5.30. The summed E-state index contributed by atoms with van der Waals surface area (Å²) in [5.74, 6) is 7.50. The predicted octanol–water partition coefficient (Wildman–Crippen LogP) is 2.65. The van der Waals surface area contributed by atoms with Gasteiger partial charge < -0.3 is 15.2 Å². The number of hydrogen-bond acceptors (Lipinski definition) is 4. The molecule has 0 saturated carbocycles. The van der Waals surface area contributed by atoms with Crippen LogP contribution in [0.3, 0.4) is 0 Å². The van der Waals surface area contributed by atoms with Crippen molar-refractivity contribution in [3.8, 4) is 23.3 Å². The summed E-state index contributed by atoms with van der Waals surface area (Å²) in [6.45, 7) is 1.90. The maximum Gasteiger partial charge on any atom is 0.339 e. The van der Waals surface area contributed by atoms with Gasteiger partial charge in [0, 0.05) is 11.1 Å². The molecule has 3 rings (SSSR count). The first-order chi connectivity index (χ1) is 11.5. The second kappa shape index (κ2) is 6.52. The van der Waals surface area contributed by atoms with Crippen molar-refractivity contribution in [2.24, 2.45) is 5.73 Å². The first kappa shape index (κ1) is 15.7. The fourth-order valence-corrected chi connectivity index (χ4v) is 2.33. The van der Waals surface area contributed by atoms with Gasteiger partial charge in [0.05, 0.1) is 6.04 Å². The molecule has 0 saturated heterocycles. The molecule has 0 fully saturated rings. The molecular formula is C18H16N2O4. The molecule has 1 atom stereocenters. The van der Waals surface area contributed by atoms with Crippen LogP contribution in [0.1, 0.15) is 29.7 Å². The predicted molar refractivity (Wildman–Crippen MR) is 86.6 cm³/mol. The Bertz CT molecular complexity index is 838. The average molecular weight is 324 g/mol. The van der Waals surface area contributed by atoms with E-state index >= 15 is 0 Å². The number of nitrogens with two attached hydrogens (primary N) is 1. The summed E-state index contributed by atoms with van der Waals surface area (Å²) in [5.41, 5.74) is 7.37. The first-order valence-corrected chi connectivity index (χ1v) is 7.34. The van der Waals surface area contributed by atoms with Gasteiger partial charge in [-0.3, -0.25) is 5.21 Å². The third kappa shape index (κ3) is 3.26. The van der Waals surface area contributed by atoms with Gasteiger partial charge in [0.15, 0.2) is 11.5 Å². The van der Waals surface area contributed by atoms with E-state index in [2.05, 4.69) is 11.8 Å². The van der Waals surface area contributed by atoms with Gasteiger partial charge in [-0.2, -0.15) is 5.06 Å². The summed E-state index contributed by atoms with van der Waals surface area (Å²) in [4.78, 5) is 11.1. The molecule has 0 aliphatic carbocycles. The van der Waals surface area contributed by atoms with Crippen LogP contribution in [-0.4, -0.2) is 23.1 Å². The molecular weight excluding hydrogens is 308 g/mol. The molecule has 0 spiro atoms. The lowest BCUT2D eigenvalue weighted by Crippen LogP contribution is -2.34. The molecule has 1 unspecified atom stereocenters. The maximum absolute atomic E-state index is 11.1. The van der Waals surface area contributed by atoms with Crippen LogP contribution in [-0.2, 0) is 0 Å². The number of hydrogen-bond donors (Lipinski definition) is 2. The van der Waals surface area contributed by atoms with Crippen LogP contribution in [0.25, 0.3) is 0 Å². The topological polar surface area (TPSA) is 85.0 Å². The number of amides is 2. The van der Waals surface area contributed by atoms with Crippen molar-refractivity contribution in [3.05, 3.63) is 59.2 Å². The average Bonchev–Trinajstić information content (AvgIpc) is 3.06. The van der Waals surface area contributed by atoms with Crippen LogP contribution in [0.5, 0.6) is 11.5 Å². The molecule has 122 valence electrons. The van der Waals surface area contributed by atoms with Crippen LogP contribution < -0.4 is 15.2 Å². The van der Waals surface area contributed by atoms with Crippen LogP contribution in [0.2, 0.25) is 0 Å². The Kier molecular flexibility index (Phi) is 4.27. The lowest BCUT2D eigenvalue weighted by Gasteiger charge is -2.20. The summed E-state index contributed by atoms with van der Waals surface area (Å²) in [6.07, 6.45) is 0. The van der Waals surface area contributed by atoms with E-state index in [4.69, 9.17) is 15.2 Å². The fourth-order valence-electron chi connectivity index (χ4n) is 2.33. The minimum Gasteiger partial charge on any atom is -0.454 e. The van der Waals surface area contributed by atoms with Gasteiger partial charge in [0.25, 0.3) is 0 Å². The standard InChI is InChI=1S/C18H16N2O4/c1-12(20(22)18(19)21)15-4-2-3-13(9-15)5-6-14-7-8-16-17(10-14)24-11-23-16/h2-4,7-10,12,22H,11H2,1H3,(H2,19,21). The van der Waals surface area contributed by atoms with Crippen molar-refractivity contribution in [1.29, 1.82) is 0 Å². The number of carbonyl (C=O) groups is 1. The normalized spacial score (nSPS) is 12.9. The van der Waals surface area contributed by atoms with Crippen LogP contribution in [0.4, 0.5) is 4.79 Å². The number of benzene rings is 2. The third-order valence-electron chi connectivity index (χ3n) is 3.69. The van der Waals surface area contributed by atoms with Gasteiger partial charge in [0.2, 0.25) is 6.79 Å². The van der Waals surface area contributed by atoms with Crippen molar-refractivity contribution >= 4 is 6.03 Å². The Morgan fingerprint density at radius 1 is 1.17 bits per heavy atom. The molecule has 3 N–H and O–H groups in total. The number of primary amides is 1. The Hall–Kier alpha value is -3.17. The van der Waals surface area contributed by atoms with E-state index in [0.29, 0.717) is 16.6 Å². The molecule has 0 bridgehead atoms. The van der Waals surface area contributed by atoms with E-state index in [1.807, 2.05) is 30.3 Å². The van der Waals surface area contributed by atoms with E-state index in [-0.39, 0.29) is 6.79 Å². The molecule has 2 aromatic carbocycles. The van der Waals surface area contributed by atoms with E-state index < -0.39 is 12.1 Å². The lowest BCUT2D eigenvalue weighted by atomic mass is 10.0. The van der Waals surface area contributed by atoms with Crippen molar-refractivity contribution in [3.63, 3.8) is 0 Å². The highest BCUT2D eigenvalue weighted by atomic mass is 16.7. The Balaban J connectivity index is 1.82. The fraction of sp³-hybridized carbons (Fsp3) is 0.167. The van der Waals surface area contributed by atoms with E-state index in [0.717, 1.165) is 16.7 Å². The maximum atomic E-state index is 11.1. The highest BCUT2D eigenvalue weighted by Gasteiger charge is 2.17. The molecule has 2 aromatic rings. The lowest BCUT2D eigenvalue weighted by molar-refractivity contribution is -0.0710. The zero-order valence-electron chi connectivity index (χ0n) is 13.0. The quantitative estimate of drug-likeness (QED) is 0.505. The summed E-state index contributed by atoms with van der Waals surface area (Å²) in [6, 6.07) is 11.3. The van der Waals surface area contributed by atoms with Gasteiger partial charge in [-0.1, -0.05) is 24.0 Å². The van der Waals surface area contributed by atoms with Crippen molar-refractivity contribution in [1.82, 2.24) is 5.06 Å². The highest BCUT2D eigenvalue weighted by molar-refractivity contribution is 5.71. The van der Waals surface area contributed by atoms with Gasteiger partial charge >= 0.3 is 6.03 Å². The first-order valence-electron chi connectivity index (χ1n) is 7.34. The van der Waals surface area contributed by atoms with Crippen LogP contribution in [0.15, 0.2) is 42.5 Å². The van der Waals surface area contributed by atoms with E-state index in [9.17, 15) is 10.0 Å².